The lowest BCUT2D eigenvalue weighted by Crippen LogP contribution is -2.42. The normalized spacial score (nSPS) is 18.0. The smallest absolute Gasteiger partial charge is 0.256 e. The van der Waals surface area contributed by atoms with Crippen LogP contribution >= 0.6 is 0 Å². The molecule has 2 aliphatic heterocycles. The molecule has 2 aromatic carbocycles. The number of ether oxygens (including phenoxy) is 1. The van der Waals surface area contributed by atoms with Gasteiger partial charge in [0.25, 0.3) is 5.91 Å². The number of piperidine rings is 1. The first-order chi connectivity index (χ1) is 18.0. The first-order valence-electron chi connectivity index (χ1n) is 12.6. The van der Waals surface area contributed by atoms with Crippen LogP contribution in [0.25, 0.3) is 0 Å². The van der Waals surface area contributed by atoms with Gasteiger partial charge in [0.2, 0.25) is 5.91 Å². The van der Waals surface area contributed by atoms with Crippen LogP contribution < -0.4 is 15.0 Å². The van der Waals surface area contributed by atoms with E-state index in [1.54, 1.807) is 21.9 Å². The zero-order valence-electron chi connectivity index (χ0n) is 20.8. The Bertz CT molecular complexity index is 1240. The number of amides is 2. The molecule has 2 saturated heterocycles. The van der Waals surface area contributed by atoms with E-state index in [4.69, 9.17) is 4.74 Å². The molecule has 3 aromatic rings. The van der Waals surface area contributed by atoms with Crippen LogP contribution in [-0.2, 0) is 4.79 Å². The maximum absolute atomic E-state index is 14.0. The fourth-order valence-electron chi connectivity index (χ4n) is 4.78. The van der Waals surface area contributed by atoms with Crippen LogP contribution in [0.5, 0.6) is 5.75 Å². The molecule has 2 fully saturated rings. The van der Waals surface area contributed by atoms with Gasteiger partial charge in [-0.3, -0.25) is 14.5 Å². The molecule has 192 valence electrons. The summed E-state index contributed by atoms with van der Waals surface area (Å²) in [5.74, 6) is 0.261. The van der Waals surface area contributed by atoms with Gasteiger partial charge < -0.3 is 15.0 Å². The number of carbonyl (C=O) groups excluding carboxylic acids is 2. The van der Waals surface area contributed by atoms with Crippen molar-refractivity contribution in [1.82, 2.24) is 20.4 Å². The highest BCUT2D eigenvalue weighted by atomic mass is 19.1. The molecule has 1 aromatic heterocycles. The summed E-state index contributed by atoms with van der Waals surface area (Å²) >= 11 is 0. The number of nitrogens with one attached hydrogen (secondary N) is 1. The zero-order valence-corrected chi connectivity index (χ0v) is 20.8. The van der Waals surface area contributed by atoms with Crippen molar-refractivity contribution in [3.8, 4) is 5.75 Å². The number of nitrogens with zero attached hydrogens (tertiary/aromatic N) is 4. The second-order valence-electron chi connectivity index (χ2n) is 9.48. The fourth-order valence-corrected chi connectivity index (χ4v) is 4.78. The molecule has 0 radical (unpaired) electrons. The van der Waals surface area contributed by atoms with Crippen molar-refractivity contribution in [3.05, 3.63) is 77.7 Å². The molecule has 0 bridgehead atoms. The Labute approximate surface area is 215 Å². The Kier molecular flexibility index (Phi) is 7.41. The number of carbonyl (C=O) groups is 2. The molecule has 0 unspecified atom stereocenters. The average Bonchev–Trinajstić information content (AvgIpc) is 3.47. The van der Waals surface area contributed by atoms with Gasteiger partial charge in [-0.15, -0.1) is 5.10 Å². The van der Waals surface area contributed by atoms with Crippen LogP contribution in [0.2, 0.25) is 0 Å². The van der Waals surface area contributed by atoms with E-state index in [2.05, 4.69) is 15.5 Å². The Balaban J connectivity index is 1.24. The summed E-state index contributed by atoms with van der Waals surface area (Å²) < 4.78 is 20.2. The third kappa shape index (κ3) is 5.61. The van der Waals surface area contributed by atoms with Gasteiger partial charge in [-0.25, -0.2) is 4.39 Å². The lowest BCUT2D eigenvalue weighted by molar-refractivity contribution is -0.121. The monoisotopic (exact) mass is 503 g/mol. The molecule has 2 amide bonds. The molecule has 0 spiro atoms. The average molecular weight is 504 g/mol. The van der Waals surface area contributed by atoms with E-state index in [1.807, 2.05) is 43.3 Å². The van der Waals surface area contributed by atoms with E-state index >= 15 is 0 Å². The maximum Gasteiger partial charge on any atom is 0.256 e. The van der Waals surface area contributed by atoms with Crippen molar-refractivity contribution < 1.29 is 18.7 Å². The highest BCUT2D eigenvalue weighted by Gasteiger charge is 2.30. The predicted molar refractivity (Wildman–Crippen MR) is 137 cm³/mol. The van der Waals surface area contributed by atoms with Crippen LogP contribution in [0.4, 0.5) is 15.9 Å². The minimum atomic E-state index is -0.501. The van der Waals surface area contributed by atoms with Crippen LogP contribution in [-0.4, -0.2) is 59.2 Å². The van der Waals surface area contributed by atoms with Gasteiger partial charge in [0.05, 0.1) is 22.9 Å². The summed E-state index contributed by atoms with van der Waals surface area (Å²) in [5.41, 5.74) is 1.58. The molecule has 2 aliphatic rings. The standard InChI is InChI=1S/C28H30FN5O3/c1-19-6-11-26(32-31-19)34(27(35)20-12-15-30-18-20)21-7-9-22(10-8-21)37-23-13-16-33(17-14-23)28(36)24-4-2-3-5-25(24)29/h2-11,20,23,30H,12-18H2,1H3/t20-/m0/s1. The highest BCUT2D eigenvalue weighted by molar-refractivity contribution is 6.01. The van der Waals surface area contributed by atoms with E-state index in [1.165, 1.54) is 12.1 Å². The largest absolute Gasteiger partial charge is 0.490 e. The van der Waals surface area contributed by atoms with E-state index < -0.39 is 5.82 Å². The van der Waals surface area contributed by atoms with Gasteiger partial charge in [-0.2, -0.15) is 5.10 Å². The van der Waals surface area contributed by atoms with E-state index in [0.29, 0.717) is 49.7 Å². The molecule has 8 nitrogen and oxygen atoms in total. The predicted octanol–water partition coefficient (Wildman–Crippen LogP) is 3.88. The molecule has 3 heterocycles. The molecule has 5 rings (SSSR count). The van der Waals surface area contributed by atoms with Crippen LogP contribution in [0.1, 0.15) is 35.3 Å². The van der Waals surface area contributed by atoms with Gasteiger partial charge in [-0.1, -0.05) is 12.1 Å². The van der Waals surface area contributed by atoms with Crippen molar-refractivity contribution >= 4 is 23.3 Å². The third-order valence-corrected chi connectivity index (χ3v) is 6.87. The minimum absolute atomic E-state index is 0.0105. The van der Waals surface area contributed by atoms with Crippen molar-refractivity contribution in [2.75, 3.05) is 31.1 Å². The Morgan fingerprint density at radius 2 is 1.76 bits per heavy atom. The summed E-state index contributed by atoms with van der Waals surface area (Å²) in [6.45, 7) is 4.32. The minimum Gasteiger partial charge on any atom is -0.490 e. The molecule has 1 N–H and O–H groups in total. The lowest BCUT2D eigenvalue weighted by atomic mass is 10.1. The number of anilines is 2. The second kappa shape index (κ2) is 11.0. The number of aromatic nitrogens is 2. The van der Waals surface area contributed by atoms with Crippen molar-refractivity contribution in [2.45, 2.75) is 32.3 Å². The van der Waals surface area contributed by atoms with Gasteiger partial charge in [0.15, 0.2) is 5.82 Å². The summed E-state index contributed by atoms with van der Waals surface area (Å²) in [6.07, 6.45) is 2.04. The Morgan fingerprint density at radius 3 is 2.41 bits per heavy atom. The molecule has 1 atom stereocenters. The van der Waals surface area contributed by atoms with E-state index in [9.17, 15) is 14.0 Å². The van der Waals surface area contributed by atoms with Crippen LogP contribution in [0.15, 0.2) is 60.7 Å². The maximum atomic E-state index is 14.0. The zero-order chi connectivity index (χ0) is 25.8. The van der Waals surface area contributed by atoms with Gasteiger partial charge >= 0.3 is 0 Å². The highest BCUT2D eigenvalue weighted by Crippen LogP contribution is 2.30. The van der Waals surface area contributed by atoms with Gasteiger partial charge in [0.1, 0.15) is 17.7 Å². The van der Waals surface area contributed by atoms with E-state index in [0.717, 1.165) is 18.7 Å². The number of likely N-dealkylation sites (tertiary alicyclic amines) is 1. The second-order valence-corrected chi connectivity index (χ2v) is 9.48. The summed E-state index contributed by atoms with van der Waals surface area (Å²) in [4.78, 5) is 29.3. The first-order valence-corrected chi connectivity index (χ1v) is 12.6. The molecule has 9 heteroatoms. The van der Waals surface area contributed by atoms with Crippen molar-refractivity contribution in [3.63, 3.8) is 0 Å². The van der Waals surface area contributed by atoms with E-state index in [-0.39, 0.29) is 29.4 Å². The van der Waals surface area contributed by atoms with Gasteiger partial charge in [-0.05, 0) is 68.4 Å². The number of hydrogen-bond acceptors (Lipinski definition) is 6. The number of hydrogen-bond donors (Lipinski definition) is 1. The number of halogens is 1. The third-order valence-electron chi connectivity index (χ3n) is 6.87. The van der Waals surface area contributed by atoms with Crippen LogP contribution in [0.3, 0.4) is 0 Å². The summed E-state index contributed by atoms with van der Waals surface area (Å²) in [7, 11) is 0. The number of aryl methyl sites for hydroxylation is 1. The lowest BCUT2D eigenvalue weighted by Gasteiger charge is -2.32. The number of benzene rings is 2. The van der Waals surface area contributed by atoms with Crippen molar-refractivity contribution in [1.29, 1.82) is 0 Å². The summed E-state index contributed by atoms with van der Waals surface area (Å²) in [5, 5.41) is 11.6. The van der Waals surface area contributed by atoms with Crippen LogP contribution in [0, 0.1) is 18.7 Å². The molecular formula is C28H30FN5O3. The Hall–Kier alpha value is -3.85. The fraction of sp³-hybridized carbons (Fsp3) is 0.357. The SMILES string of the molecule is Cc1ccc(N(C(=O)[C@H]2CCNC2)c2ccc(OC3CCN(C(=O)c4ccccc4F)CC3)cc2)nn1. The topological polar surface area (TPSA) is 87.7 Å². The molecule has 0 saturated carbocycles. The van der Waals surface area contributed by atoms with Gasteiger partial charge in [0, 0.05) is 32.5 Å². The molecular weight excluding hydrogens is 473 g/mol. The quantitative estimate of drug-likeness (QED) is 0.549. The summed E-state index contributed by atoms with van der Waals surface area (Å²) in [6, 6.07) is 17.1. The molecule has 37 heavy (non-hydrogen) atoms. The number of rotatable bonds is 6. The Morgan fingerprint density at radius 1 is 1.00 bits per heavy atom. The van der Waals surface area contributed by atoms with Crippen molar-refractivity contribution in [2.24, 2.45) is 5.92 Å². The molecule has 0 aliphatic carbocycles. The first kappa shape index (κ1) is 24.8.